The molecule has 1 aromatic carbocycles. The maximum atomic E-state index is 12.8. The molecule has 0 aliphatic carbocycles. The van der Waals surface area contributed by atoms with E-state index in [1.165, 1.54) is 6.42 Å². The summed E-state index contributed by atoms with van der Waals surface area (Å²) < 4.78 is 3.80. The minimum Gasteiger partial charge on any atom is -0.321 e. The van der Waals surface area contributed by atoms with Crippen molar-refractivity contribution in [2.45, 2.75) is 25.8 Å². The molecule has 1 saturated heterocycles. The van der Waals surface area contributed by atoms with Crippen molar-refractivity contribution in [3.63, 3.8) is 0 Å². The van der Waals surface area contributed by atoms with Crippen LogP contribution in [0.1, 0.15) is 40.6 Å². The second-order valence-electron chi connectivity index (χ2n) is 7.88. The van der Waals surface area contributed by atoms with E-state index in [1.807, 2.05) is 54.9 Å². The Bertz CT molecular complexity index is 1240. The SMILES string of the molecule is Cc1nn(C)c2cc(C(=O)Nc3ccc4nc(C5CCCN5C)cn4c3)ccc12. The summed E-state index contributed by atoms with van der Waals surface area (Å²) in [6.45, 7) is 3.08. The number of carbonyl (C=O) groups is 1. The maximum absolute atomic E-state index is 12.8. The van der Waals surface area contributed by atoms with Crippen LogP contribution >= 0.6 is 0 Å². The van der Waals surface area contributed by atoms with E-state index in [4.69, 9.17) is 4.98 Å². The number of carbonyl (C=O) groups excluding carboxylic acids is 1. The molecule has 5 rings (SSSR count). The van der Waals surface area contributed by atoms with E-state index in [0.29, 0.717) is 11.6 Å². The molecule has 1 unspecified atom stereocenters. The highest BCUT2D eigenvalue weighted by Crippen LogP contribution is 2.30. The zero-order valence-corrected chi connectivity index (χ0v) is 16.9. The first-order valence-corrected chi connectivity index (χ1v) is 9.93. The number of fused-ring (bicyclic) bond motifs is 2. The average molecular weight is 388 g/mol. The molecule has 0 spiro atoms. The van der Waals surface area contributed by atoms with Gasteiger partial charge in [0, 0.05) is 30.4 Å². The van der Waals surface area contributed by atoms with E-state index >= 15 is 0 Å². The second-order valence-corrected chi connectivity index (χ2v) is 7.88. The van der Waals surface area contributed by atoms with Crippen LogP contribution in [-0.4, -0.2) is 43.6 Å². The number of anilines is 1. The molecular formula is C22H24N6O. The number of benzene rings is 1. The van der Waals surface area contributed by atoms with Gasteiger partial charge in [0.05, 0.1) is 28.6 Å². The number of imidazole rings is 1. The van der Waals surface area contributed by atoms with Crippen molar-refractivity contribution in [2.75, 3.05) is 18.9 Å². The van der Waals surface area contributed by atoms with Crippen LogP contribution < -0.4 is 5.32 Å². The lowest BCUT2D eigenvalue weighted by molar-refractivity contribution is 0.102. The Balaban J connectivity index is 1.41. The highest BCUT2D eigenvalue weighted by molar-refractivity contribution is 6.06. The lowest BCUT2D eigenvalue weighted by atomic mass is 10.1. The molecule has 7 heteroatoms. The lowest BCUT2D eigenvalue weighted by Gasteiger charge is -2.16. The molecule has 0 saturated carbocycles. The number of pyridine rings is 1. The fourth-order valence-corrected chi connectivity index (χ4v) is 4.31. The minimum atomic E-state index is -0.138. The van der Waals surface area contributed by atoms with Gasteiger partial charge >= 0.3 is 0 Å². The monoisotopic (exact) mass is 388 g/mol. The number of likely N-dealkylation sites (tertiary alicyclic amines) is 1. The van der Waals surface area contributed by atoms with Gasteiger partial charge in [0.25, 0.3) is 5.91 Å². The molecule has 4 aromatic rings. The van der Waals surface area contributed by atoms with Crippen LogP contribution in [0.3, 0.4) is 0 Å². The predicted octanol–water partition coefficient (Wildman–Crippen LogP) is 3.55. The maximum Gasteiger partial charge on any atom is 0.255 e. The molecular weight excluding hydrogens is 364 g/mol. The van der Waals surface area contributed by atoms with Crippen molar-refractivity contribution >= 4 is 28.1 Å². The molecule has 1 fully saturated rings. The molecule has 1 aliphatic rings. The Morgan fingerprint density at radius 2 is 2.03 bits per heavy atom. The molecule has 7 nitrogen and oxygen atoms in total. The third kappa shape index (κ3) is 3.07. The quantitative estimate of drug-likeness (QED) is 0.583. The van der Waals surface area contributed by atoms with Crippen LogP contribution in [0, 0.1) is 6.92 Å². The molecule has 4 heterocycles. The number of nitrogens with zero attached hydrogens (tertiary/aromatic N) is 5. The zero-order chi connectivity index (χ0) is 20.1. The zero-order valence-electron chi connectivity index (χ0n) is 16.9. The standard InChI is InChI=1S/C22H24N6O/c1-14-17-8-6-15(11-20(17)27(3)25-14)22(29)23-16-7-9-21-24-18(13-28(21)12-16)19-5-4-10-26(19)2/h6-9,11-13,19H,4-5,10H2,1-3H3,(H,23,29). The summed E-state index contributed by atoms with van der Waals surface area (Å²) in [4.78, 5) is 19.9. The van der Waals surface area contributed by atoms with Crippen LogP contribution in [0.25, 0.3) is 16.6 Å². The second kappa shape index (κ2) is 6.70. The summed E-state index contributed by atoms with van der Waals surface area (Å²) in [5, 5.41) is 8.48. The van der Waals surface area contributed by atoms with Gasteiger partial charge in [-0.2, -0.15) is 5.10 Å². The molecule has 148 valence electrons. The van der Waals surface area contributed by atoms with Crippen molar-refractivity contribution in [2.24, 2.45) is 7.05 Å². The van der Waals surface area contributed by atoms with Crippen LogP contribution in [-0.2, 0) is 7.05 Å². The molecule has 1 atom stereocenters. The summed E-state index contributed by atoms with van der Waals surface area (Å²) in [6.07, 6.45) is 6.34. The molecule has 1 aliphatic heterocycles. The highest BCUT2D eigenvalue weighted by atomic mass is 16.1. The van der Waals surface area contributed by atoms with Crippen LogP contribution in [0.15, 0.2) is 42.7 Å². The number of hydrogen-bond acceptors (Lipinski definition) is 4. The van der Waals surface area contributed by atoms with Gasteiger partial charge in [0.1, 0.15) is 5.65 Å². The molecule has 0 radical (unpaired) electrons. The van der Waals surface area contributed by atoms with E-state index in [2.05, 4.69) is 28.6 Å². The first-order valence-electron chi connectivity index (χ1n) is 9.93. The van der Waals surface area contributed by atoms with Gasteiger partial charge in [-0.3, -0.25) is 14.4 Å². The molecule has 1 amide bonds. The summed E-state index contributed by atoms with van der Waals surface area (Å²) in [6, 6.07) is 9.90. The fourth-order valence-electron chi connectivity index (χ4n) is 4.31. The summed E-state index contributed by atoms with van der Waals surface area (Å²) in [5.74, 6) is -0.138. The Hall–Kier alpha value is -3.19. The van der Waals surface area contributed by atoms with Crippen LogP contribution in [0.5, 0.6) is 0 Å². The van der Waals surface area contributed by atoms with E-state index in [-0.39, 0.29) is 5.91 Å². The topological polar surface area (TPSA) is 67.5 Å². The Morgan fingerprint density at radius 3 is 2.83 bits per heavy atom. The van der Waals surface area contributed by atoms with E-state index < -0.39 is 0 Å². The Kier molecular flexibility index (Phi) is 4.13. The van der Waals surface area contributed by atoms with Gasteiger partial charge in [-0.15, -0.1) is 0 Å². The molecule has 0 bridgehead atoms. The van der Waals surface area contributed by atoms with E-state index in [1.54, 1.807) is 4.68 Å². The predicted molar refractivity (Wildman–Crippen MR) is 113 cm³/mol. The number of hydrogen-bond donors (Lipinski definition) is 1. The minimum absolute atomic E-state index is 0.138. The summed E-state index contributed by atoms with van der Waals surface area (Å²) >= 11 is 0. The largest absolute Gasteiger partial charge is 0.321 e. The number of rotatable bonds is 3. The Labute approximate surface area is 169 Å². The van der Waals surface area contributed by atoms with E-state index in [9.17, 15) is 4.79 Å². The van der Waals surface area contributed by atoms with Crippen molar-refractivity contribution in [1.82, 2.24) is 24.1 Å². The normalized spacial score (nSPS) is 17.4. The third-order valence-electron chi connectivity index (χ3n) is 5.89. The fraction of sp³-hybridized carbons (Fsp3) is 0.318. The first kappa shape index (κ1) is 17.9. The van der Waals surface area contributed by atoms with Crippen molar-refractivity contribution in [3.05, 3.63) is 59.7 Å². The average Bonchev–Trinajstić information content (AvgIpc) is 3.38. The first-order chi connectivity index (χ1) is 14.0. The number of aryl methyl sites for hydroxylation is 2. The summed E-state index contributed by atoms with van der Waals surface area (Å²) in [7, 11) is 4.04. The van der Waals surface area contributed by atoms with Crippen molar-refractivity contribution in [1.29, 1.82) is 0 Å². The lowest BCUT2D eigenvalue weighted by Crippen LogP contribution is -2.17. The smallest absolute Gasteiger partial charge is 0.255 e. The van der Waals surface area contributed by atoms with Gasteiger partial charge in [0.2, 0.25) is 0 Å². The van der Waals surface area contributed by atoms with Gasteiger partial charge < -0.3 is 9.72 Å². The van der Waals surface area contributed by atoms with Gasteiger partial charge in [-0.1, -0.05) is 6.07 Å². The van der Waals surface area contributed by atoms with E-state index in [0.717, 1.165) is 46.6 Å². The summed E-state index contributed by atoms with van der Waals surface area (Å²) in [5.41, 5.74) is 5.25. The van der Waals surface area contributed by atoms with Gasteiger partial charge in [0.15, 0.2) is 0 Å². The number of nitrogens with one attached hydrogen (secondary N) is 1. The number of aromatic nitrogens is 4. The van der Waals surface area contributed by atoms with Gasteiger partial charge in [-0.05, 0) is 57.6 Å². The molecule has 29 heavy (non-hydrogen) atoms. The highest BCUT2D eigenvalue weighted by Gasteiger charge is 2.24. The van der Waals surface area contributed by atoms with Crippen LogP contribution in [0.2, 0.25) is 0 Å². The van der Waals surface area contributed by atoms with Gasteiger partial charge in [-0.25, -0.2) is 4.98 Å². The van der Waals surface area contributed by atoms with Crippen molar-refractivity contribution in [3.8, 4) is 0 Å². The molecule has 3 aromatic heterocycles. The Morgan fingerprint density at radius 1 is 1.17 bits per heavy atom. The van der Waals surface area contributed by atoms with Crippen LogP contribution in [0.4, 0.5) is 5.69 Å². The third-order valence-corrected chi connectivity index (χ3v) is 5.89. The van der Waals surface area contributed by atoms with Crippen molar-refractivity contribution < 1.29 is 4.79 Å². The molecule has 1 N–H and O–H groups in total. The number of amides is 1.